The first-order valence-electron chi connectivity index (χ1n) is 6.14. The molecule has 1 unspecified atom stereocenters. The Hall–Kier alpha value is -0.570. The molecule has 0 rings (SSSR count). The molecule has 1 atom stereocenters. The number of hydrogen-bond donors (Lipinski definition) is 2. The van der Waals surface area contributed by atoms with E-state index in [-0.39, 0.29) is 5.91 Å². The lowest BCUT2D eigenvalue weighted by Crippen LogP contribution is -2.36. The Morgan fingerprint density at radius 1 is 1.20 bits per heavy atom. The molecule has 0 aromatic carbocycles. The number of rotatable bonds is 9. The molecule has 0 saturated heterocycles. The van der Waals surface area contributed by atoms with Gasteiger partial charge in [0.1, 0.15) is 0 Å². The van der Waals surface area contributed by atoms with Crippen molar-refractivity contribution in [3.8, 4) is 0 Å². The molecule has 0 aliphatic rings. The van der Waals surface area contributed by atoms with E-state index in [1.54, 1.807) is 7.05 Å². The van der Waals surface area contributed by atoms with Crippen LogP contribution in [0.1, 0.15) is 52.4 Å². The Labute approximate surface area is 94.0 Å². The van der Waals surface area contributed by atoms with Crippen molar-refractivity contribution in [1.82, 2.24) is 10.6 Å². The molecule has 1 amide bonds. The molecule has 0 aromatic heterocycles. The zero-order chi connectivity index (χ0) is 11.5. The Morgan fingerprint density at radius 2 is 1.87 bits per heavy atom. The molecular weight excluding hydrogens is 188 g/mol. The number of nitrogens with one attached hydrogen (secondary N) is 2. The van der Waals surface area contributed by atoms with Crippen LogP contribution < -0.4 is 10.6 Å². The molecule has 0 radical (unpaired) electrons. The van der Waals surface area contributed by atoms with Gasteiger partial charge in [-0.3, -0.25) is 4.79 Å². The maximum Gasteiger partial charge on any atom is 0.233 e. The number of amides is 1. The third-order valence-electron chi connectivity index (χ3n) is 2.63. The molecule has 0 bridgehead atoms. The summed E-state index contributed by atoms with van der Waals surface area (Å²) in [6, 6.07) is 0.448. The highest BCUT2D eigenvalue weighted by Gasteiger charge is 2.03. The number of carbonyl (C=O) groups is 1. The average Bonchev–Trinajstić information content (AvgIpc) is 2.25. The number of unbranched alkanes of at least 4 members (excludes halogenated alkanes) is 4. The van der Waals surface area contributed by atoms with Crippen LogP contribution in [0.25, 0.3) is 0 Å². The van der Waals surface area contributed by atoms with E-state index >= 15 is 0 Å². The van der Waals surface area contributed by atoms with Crippen molar-refractivity contribution in [3.05, 3.63) is 0 Å². The zero-order valence-corrected chi connectivity index (χ0v) is 10.4. The van der Waals surface area contributed by atoms with Crippen LogP contribution in [0.5, 0.6) is 0 Å². The van der Waals surface area contributed by atoms with Gasteiger partial charge in [-0.15, -0.1) is 0 Å². The van der Waals surface area contributed by atoms with Gasteiger partial charge < -0.3 is 10.6 Å². The van der Waals surface area contributed by atoms with Gasteiger partial charge in [0.15, 0.2) is 0 Å². The fourth-order valence-electron chi connectivity index (χ4n) is 1.51. The molecule has 90 valence electrons. The van der Waals surface area contributed by atoms with Crippen LogP contribution >= 0.6 is 0 Å². The van der Waals surface area contributed by atoms with Crippen LogP contribution in [0.15, 0.2) is 0 Å². The van der Waals surface area contributed by atoms with Crippen LogP contribution in [0, 0.1) is 0 Å². The van der Waals surface area contributed by atoms with Crippen LogP contribution in [0.4, 0.5) is 0 Å². The van der Waals surface area contributed by atoms with E-state index in [1.165, 1.54) is 38.5 Å². The van der Waals surface area contributed by atoms with E-state index in [0.29, 0.717) is 12.6 Å². The van der Waals surface area contributed by atoms with Crippen molar-refractivity contribution in [1.29, 1.82) is 0 Å². The van der Waals surface area contributed by atoms with Crippen LogP contribution in [0.2, 0.25) is 0 Å². The van der Waals surface area contributed by atoms with Crippen molar-refractivity contribution in [2.75, 3.05) is 13.6 Å². The molecule has 2 N–H and O–H groups in total. The predicted molar refractivity (Wildman–Crippen MR) is 64.9 cm³/mol. The lowest BCUT2D eigenvalue weighted by molar-refractivity contribution is -0.119. The maximum atomic E-state index is 11.0. The third-order valence-corrected chi connectivity index (χ3v) is 2.63. The summed E-state index contributed by atoms with van der Waals surface area (Å²) in [6.07, 6.45) is 7.74. The summed E-state index contributed by atoms with van der Waals surface area (Å²) in [4.78, 5) is 11.0. The van der Waals surface area contributed by atoms with Gasteiger partial charge in [0.05, 0.1) is 6.54 Å². The minimum absolute atomic E-state index is 0.0628. The van der Waals surface area contributed by atoms with E-state index in [4.69, 9.17) is 0 Å². The Balaban J connectivity index is 3.25. The Bertz CT molecular complexity index is 160. The second-order valence-electron chi connectivity index (χ2n) is 4.16. The lowest BCUT2D eigenvalue weighted by Gasteiger charge is -2.12. The van der Waals surface area contributed by atoms with E-state index in [0.717, 1.165) is 0 Å². The standard InChI is InChI=1S/C12H26N2O/c1-4-5-6-7-8-9-11(2)14-10-12(15)13-3/h11,14H,4-10H2,1-3H3,(H,13,15). The van der Waals surface area contributed by atoms with Gasteiger partial charge in [0.25, 0.3) is 0 Å². The van der Waals surface area contributed by atoms with Gasteiger partial charge in [-0.25, -0.2) is 0 Å². The van der Waals surface area contributed by atoms with Gasteiger partial charge in [0.2, 0.25) is 5.91 Å². The topological polar surface area (TPSA) is 41.1 Å². The number of carbonyl (C=O) groups excluding carboxylic acids is 1. The van der Waals surface area contributed by atoms with Gasteiger partial charge in [-0.05, 0) is 13.3 Å². The van der Waals surface area contributed by atoms with Crippen molar-refractivity contribution in [2.45, 2.75) is 58.4 Å². The van der Waals surface area contributed by atoms with E-state index < -0.39 is 0 Å². The maximum absolute atomic E-state index is 11.0. The smallest absolute Gasteiger partial charge is 0.233 e. The molecule has 3 nitrogen and oxygen atoms in total. The van der Waals surface area contributed by atoms with Crippen molar-refractivity contribution >= 4 is 5.91 Å². The van der Waals surface area contributed by atoms with Crippen molar-refractivity contribution < 1.29 is 4.79 Å². The molecule has 0 heterocycles. The molecule has 0 spiro atoms. The summed E-state index contributed by atoms with van der Waals surface area (Å²) < 4.78 is 0. The van der Waals surface area contributed by atoms with Gasteiger partial charge in [-0.1, -0.05) is 39.0 Å². The zero-order valence-electron chi connectivity index (χ0n) is 10.4. The second-order valence-corrected chi connectivity index (χ2v) is 4.16. The minimum atomic E-state index is 0.0628. The molecule has 0 aromatic rings. The number of likely N-dealkylation sites (N-methyl/N-ethyl adjacent to an activating group) is 1. The van der Waals surface area contributed by atoms with Crippen LogP contribution in [-0.4, -0.2) is 25.5 Å². The number of hydrogen-bond acceptors (Lipinski definition) is 2. The Morgan fingerprint density at radius 3 is 2.47 bits per heavy atom. The Kier molecular flexibility index (Phi) is 9.59. The monoisotopic (exact) mass is 214 g/mol. The summed E-state index contributed by atoms with van der Waals surface area (Å²) in [6.45, 7) is 4.81. The van der Waals surface area contributed by atoms with Crippen LogP contribution in [0.3, 0.4) is 0 Å². The first-order valence-corrected chi connectivity index (χ1v) is 6.14. The van der Waals surface area contributed by atoms with Crippen LogP contribution in [-0.2, 0) is 4.79 Å². The predicted octanol–water partition coefficient (Wildman–Crippen LogP) is 2.07. The second kappa shape index (κ2) is 9.97. The third kappa shape index (κ3) is 9.73. The summed E-state index contributed by atoms with van der Waals surface area (Å²) in [5.41, 5.74) is 0. The van der Waals surface area contributed by atoms with Crippen molar-refractivity contribution in [2.24, 2.45) is 0 Å². The molecule has 3 heteroatoms. The van der Waals surface area contributed by atoms with E-state index in [1.807, 2.05) is 0 Å². The fraction of sp³-hybridized carbons (Fsp3) is 0.917. The largest absolute Gasteiger partial charge is 0.358 e. The highest BCUT2D eigenvalue weighted by Crippen LogP contribution is 2.06. The summed E-state index contributed by atoms with van der Waals surface area (Å²) in [5, 5.41) is 5.82. The van der Waals surface area contributed by atoms with Gasteiger partial charge in [0, 0.05) is 13.1 Å². The average molecular weight is 214 g/mol. The SMILES string of the molecule is CCCCCCCC(C)NCC(=O)NC. The summed E-state index contributed by atoms with van der Waals surface area (Å²) in [7, 11) is 1.67. The van der Waals surface area contributed by atoms with Gasteiger partial charge in [-0.2, -0.15) is 0 Å². The summed E-state index contributed by atoms with van der Waals surface area (Å²) >= 11 is 0. The van der Waals surface area contributed by atoms with E-state index in [2.05, 4.69) is 24.5 Å². The fourth-order valence-corrected chi connectivity index (χ4v) is 1.51. The quantitative estimate of drug-likeness (QED) is 0.577. The van der Waals surface area contributed by atoms with Crippen molar-refractivity contribution in [3.63, 3.8) is 0 Å². The first kappa shape index (κ1) is 14.4. The lowest BCUT2D eigenvalue weighted by atomic mass is 10.1. The first-order chi connectivity index (χ1) is 7.20. The van der Waals surface area contributed by atoms with Gasteiger partial charge >= 0.3 is 0 Å². The molecule has 0 aliphatic heterocycles. The highest BCUT2D eigenvalue weighted by molar-refractivity contribution is 5.77. The normalized spacial score (nSPS) is 12.5. The van der Waals surface area contributed by atoms with E-state index in [9.17, 15) is 4.79 Å². The summed E-state index contributed by atoms with van der Waals surface area (Å²) in [5.74, 6) is 0.0628. The molecule has 0 fully saturated rings. The molecular formula is C12H26N2O. The highest BCUT2D eigenvalue weighted by atomic mass is 16.1. The molecule has 0 aliphatic carbocycles. The molecule has 0 saturated carbocycles. The minimum Gasteiger partial charge on any atom is -0.358 e. The molecule has 15 heavy (non-hydrogen) atoms.